The zero-order valence-electron chi connectivity index (χ0n) is 11.7. The molecule has 2 heterocycles. The molecule has 1 saturated heterocycles. The number of carbonyl (C=O) groups is 1. The number of carbonyl (C=O) groups excluding carboxylic acids is 1. The molecule has 0 aromatic carbocycles. The van der Waals surface area contributed by atoms with E-state index in [1.165, 1.54) is 7.11 Å². The number of aromatic nitrogens is 2. The van der Waals surface area contributed by atoms with Gasteiger partial charge in [0.25, 0.3) is 0 Å². The first-order valence-corrected chi connectivity index (χ1v) is 6.48. The van der Waals surface area contributed by atoms with Gasteiger partial charge in [-0.15, -0.1) is 0 Å². The second-order valence-corrected chi connectivity index (χ2v) is 4.84. The maximum absolute atomic E-state index is 11.9. The Balaban J connectivity index is 2.26. The molecule has 0 bridgehead atoms. The van der Waals surface area contributed by atoms with Gasteiger partial charge in [-0.1, -0.05) is 0 Å². The first kappa shape index (κ1) is 13.6. The van der Waals surface area contributed by atoms with Gasteiger partial charge in [0.05, 0.1) is 7.11 Å². The highest BCUT2D eigenvalue weighted by Crippen LogP contribution is 2.24. The number of ether oxygens (including phenoxy) is 1. The molecule has 6 nitrogen and oxygen atoms in total. The minimum atomic E-state index is -0.233. The smallest absolute Gasteiger partial charge is 0.328 e. The number of methoxy groups -OCH3 is 1. The highest BCUT2D eigenvalue weighted by Gasteiger charge is 2.30. The average molecular weight is 264 g/mol. The predicted octanol–water partition coefficient (Wildman–Crippen LogP) is 1.07. The van der Waals surface area contributed by atoms with Gasteiger partial charge < -0.3 is 14.5 Å². The van der Waals surface area contributed by atoms with E-state index >= 15 is 0 Å². The van der Waals surface area contributed by atoms with Crippen molar-refractivity contribution in [1.82, 2.24) is 9.97 Å². The number of hydrogen-bond acceptors (Lipinski definition) is 6. The van der Waals surface area contributed by atoms with E-state index in [1.807, 2.05) is 30.0 Å². The number of hydrogen-bond donors (Lipinski definition) is 0. The Bertz CT molecular complexity index is 450. The van der Waals surface area contributed by atoms with Crippen molar-refractivity contribution in [2.45, 2.75) is 25.3 Å². The summed E-state index contributed by atoms with van der Waals surface area (Å²) in [7, 11) is 5.22. The third-order valence-corrected chi connectivity index (χ3v) is 3.30. The summed E-state index contributed by atoms with van der Waals surface area (Å²) >= 11 is 0. The van der Waals surface area contributed by atoms with Gasteiger partial charge in [-0.3, -0.25) is 0 Å². The van der Waals surface area contributed by atoms with Crippen molar-refractivity contribution in [3.63, 3.8) is 0 Å². The number of piperidine rings is 1. The Morgan fingerprint density at radius 1 is 1.47 bits per heavy atom. The van der Waals surface area contributed by atoms with Crippen LogP contribution in [0.4, 0.5) is 11.8 Å². The van der Waals surface area contributed by atoms with Crippen molar-refractivity contribution in [2.75, 3.05) is 37.5 Å². The molecule has 1 aliphatic heterocycles. The van der Waals surface area contributed by atoms with Crippen LogP contribution in [0.15, 0.2) is 12.3 Å². The van der Waals surface area contributed by atoms with E-state index in [0.29, 0.717) is 5.95 Å². The lowest BCUT2D eigenvalue weighted by Crippen LogP contribution is -2.45. The summed E-state index contributed by atoms with van der Waals surface area (Å²) in [5.74, 6) is 1.24. The summed E-state index contributed by atoms with van der Waals surface area (Å²) in [6.07, 6.45) is 4.64. The normalized spacial score (nSPS) is 19.1. The van der Waals surface area contributed by atoms with E-state index < -0.39 is 0 Å². The summed E-state index contributed by atoms with van der Waals surface area (Å²) in [4.78, 5) is 24.4. The molecule has 1 aromatic heterocycles. The molecule has 1 atom stereocenters. The highest BCUT2D eigenvalue weighted by atomic mass is 16.5. The number of anilines is 2. The Hall–Kier alpha value is -1.85. The van der Waals surface area contributed by atoms with Crippen LogP contribution < -0.4 is 9.80 Å². The summed E-state index contributed by atoms with van der Waals surface area (Å²) in [6, 6.07) is 1.61. The average Bonchev–Trinajstić information content (AvgIpc) is 2.46. The molecule has 0 N–H and O–H groups in total. The zero-order valence-corrected chi connectivity index (χ0v) is 11.7. The highest BCUT2D eigenvalue weighted by molar-refractivity contribution is 5.79. The van der Waals surface area contributed by atoms with Gasteiger partial charge in [0.1, 0.15) is 11.9 Å². The van der Waals surface area contributed by atoms with Crippen molar-refractivity contribution in [1.29, 1.82) is 0 Å². The van der Waals surface area contributed by atoms with E-state index in [9.17, 15) is 4.79 Å². The van der Waals surface area contributed by atoms with Crippen LogP contribution in [0.5, 0.6) is 0 Å². The lowest BCUT2D eigenvalue weighted by Gasteiger charge is -2.34. The van der Waals surface area contributed by atoms with Gasteiger partial charge in [-0.25, -0.2) is 9.78 Å². The van der Waals surface area contributed by atoms with Crippen molar-refractivity contribution >= 4 is 17.7 Å². The molecule has 19 heavy (non-hydrogen) atoms. The summed E-state index contributed by atoms with van der Waals surface area (Å²) in [5.41, 5.74) is 0. The zero-order chi connectivity index (χ0) is 13.8. The third-order valence-electron chi connectivity index (χ3n) is 3.30. The molecular formula is C13H20N4O2. The van der Waals surface area contributed by atoms with Crippen LogP contribution in [0.3, 0.4) is 0 Å². The van der Waals surface area contributed by atoms with Gasteiger partial charge >= 0.3 is 5.97 Å². The maximum atomic E-state index is 11.9. The van der Waals surface area contributed by atoms with E-state index in [2.05, 4.69) is 9.97 Å². The quantitative estimate of drug-likeness (QED) is 0.761. The molecule has 0 amide bonds. The standard InChI is InChI=1S/C13H20N4O2/c1-16(2)13-14-8-7-11(15-13)17-9-5-4-6-10(17)12(18)19-3/h7-8,10H,4-6,9H2,1-3H3. The first-order chi connectivity index (χ1) is 9.13. The van der Waals surface area contributed by atoms with Crippen LogP contribution >= 0.6 is 0 Å². The lowest BCUT2D eigenvalue weighted by molar-refractivity contribution is -0.142. The van der Waals surface area contributed by atoms with Crippen LogP contribution in [0.1, 0.15) is 19.3 Å². The minimum Gasteiger partial charge on any atom is -0.467 e. The Kier molecular flexibility index (Phi) is 4.19. The second kappa shape index (κ2) is 5.86. The maximum Gasteiger partial charge on any atom is 0.328 e. The largest absolute Gasteiger partial charge is 0.467 e. The van der Waals surface area contributed by atoms with Gasteiger partial charge in [0, 0.05) is 26.8 Å². The van der Waals surface area contributed by atoms with Crippen molar-refractivity contribution < 1.29 is 9.53 Å². The topological polar surface area (TPSA) is 58.6 Å². The summed E-state index contributed by atoms with van der Waals surface area (Å²) in [6.45, 7) is 0.823. The van der Waals surface area contributed by atoms with E-state index in [4.69, 9.17) is 4.74 Å². The molecule has 1 unspecified atom stereocenters. The molecule has 0 radical (unpaired) electrons. The monoisotopic (exact) mass is 264 g/mol. The van der Waals surface area contributed by atoms with Gasteiger partial charge in [0.2, 0.25) is 5.95 Å². The molecule has 104 valence electrons. The Morgan fingerprint density at radius 2 is 2.26 bits per heavy atom. The van der Waals surface area contributed by atoms with Crippen molar-refractivity contribution in [3.8, 4) is 0 Å². The Morgan fingerprint density at radius 3 is 2.95 bits per heavy atom. The molecule has 0 aliphatic carbocycles. The summed E-state index contributed by atoms with van der Waals surface area (Å²) in [5, 5.41) is 0. The van der Waals surface area contributed by atoms with Gasteiger partial charge in [-0.05, 0) is 25.3 Å². The molecule has 6 heteroatoms. The molecule has 2 rings (SSSR count). The van der Waals surface area contributed by atoms with Crippen LogP contribution in [-0.4, -0.2) is 49.7 Å². The molecular weight excluding hydrogens is 244 g/mol. The third kappa shape index (κ3) is 2.94. The number of nitrogens with zero attached hydrogens (tertiary/aromatic N) is 4. The minimum absolute atomic E-state index is 0.190. The first-order valence-electron chi connectivity index (χ1n) is 6.48. The summed E-state index contributed by atoms with van der Waals surface area (Å²) < 4.78 is 4.88. The number of rotatable bonds is 3. The fraction of sp³-hybridized carbons (Fsp3) is 0.615. The Labute approximate surface area is 113 Å². The van der Waals surface area contributed by atoms with Crippen LogP contribution in [-0.2, 0) is 9.53 Å². The predicted molar refractivity (Wildman–Crippen MR) is 73.4 cm³/mol. The van der Waals surface area contributed by atoms with E-state index in [0.717, 1.165) is 31.6 Å². The van der Waals surface area contributed by atoms with Crippen molar-refractivity contribution in [3.05, 3.63) is 12.3 Å². The van der Waals surface area contributed by atoms with Crippen molar-refractivity contribution in [2.24, 2.45) is 0 Å². The van der Waals surface area contributed by atoms with Gasteiger partial charge in [0.15, 0.2) is 0 Å². The van der Waals surface area contributed by atoms with E-state index in [1.54, 1.807) is 6.20 Å². The number of esters is 1. The van der Waals surface area contributed by atoms with Crippen LogP contribution in [0, 0.1) is 0 Å². The van der Waals surface area contributed by atoms with E-state index in [-0.39, 0.29) is 12.0 Å². The lowest BCUT2D eigenvalue weighted by atomic mass is 10.0. The second-order valence-electron chi connectivity index (χ2n) is 4.84. The molecule has 1 fully saturated rings. The molecule has 1 aliphatic rings. The van der Waals surface area contributed by atoms with Crippen LogP contribution in [0.2, 0.25) is 0 Å². The van der Waals surface area contributed by atoms with Crippen LogP contribution in [0.25, 0.3) is 0 Å². The molecule has 1 aromatic rings. The fourth-order valence-electron chi connectivity index (χ4n) is 2.30. The fourth-order valence-corrected chi connectivity index (χ4v) is 2.30. The van der Waals surface area contributed by atoms with Gasteiger partial charge in [-0.2, -0.15) is 4.98 Å². The molecule has 0 saturated carbocycles. The molecule has 0 spiro atoms. The SMILES string of the molecule is COC(=O)C1CCCCN1c1ccnc(N(C)C)n1.